The first-order chi connectivity index (χ1) is 6.75. The van der Waals surface area contributed by atoms with Crippen molar-refractivity contribution in [2.45, 2.75) is 13.3 Å². The van der Waals surface area contributed by atoms with E-state index in [1.807, 2.05) is 18.7 Å². The normalized spacial score (nSPS) is 17.5. The molecule has 3 nitrogen and oxygen atoms in total. The van der Waals surface area contributed by atoms with E-state index in [2.05, 4.69) is 16.9 Å². The lowest BCUT2D eigenvalue weighted by Crippen LogP contribution is -2.49. The molecule has 0 radical (unpaired) electrons. The second-order valence-corrected chi connectivity index (χ2v) is 4.83. The summed E-state index contributed by atoms with van der Waals surface area (Å²) in [5, 5.41) is 6.18. The van der Waals surface area contributed by atoms with E-state index >= 15 is 0 Å². The van der Waals surface area contributed by atoms with Crippen molar-refractivity contribution in [3.05, 3.63) is 0 Å². The maximum absolute atomic E-state index is 11.6. The number of halogens is 1. The Labute approximate surface area is 103 Å². The highest BCUT2D eigenvalue weighted by Crippen LogP contribution is 2.15. The maximum Gasteiger partial charge on any atom is 0.223 e. The zero-order chi connectivity index (χ0) is 10.4. The number of nitrogens with one attached hydrogen (secondary N) is 2. The summed E-state index contributed by atoms with van der Waals surface area (Å²) in [6.07, 6.45) is 3.16. The number of amides is 1. The average Bonchev–Trinajstić information content (AvgIpc) is 2.09. The van der Waals surface area contributed by atoms with E-state index in [1.54, 1.807) is 0 Å². The van der Waals surface area contributed by atoms with Crippen LogP contribution in [0.5, 0.6) is 0 Å². The highest BCUT2D eigenvalue weighted by atomic mass is 35.5. The van der Waals surface area contributed by atoms with Gasteiger partial charge >= 0.3 is 0 Å². The number of hydrogen-bond donors (Lipinski definition) is 2. The third-order valence-electron chi connectivity index (χ3n) is 2.76. The Hall–Kier alpha value is 0.0700. The molecule has 0 spiro atoms. The molecule has 1 fully saturated rings. The lowest BCUT2D eigenvalue weighted by atomic mass is 9.88. The van der Waals surface area contributed by atoms with Crippen molar-refractivity contribution >= 4 is 30.1 Å². The molecule has 2 N–H and O–H groups in total. The van der Waals surface area contributed by atoms with Crippen LogP contribution >= 0.6 is 24.2 Å². The van der Waals surface area contributed by atoms with Gasteiger partial charge in [-0.15, -0.1) is 12.4 Å². The highest BCUT2D eigenvalue weighted by Gasteiger charge is 2.28. The smallest absolute Gasteiger partial charge is 0.223 e. The van der Waals surface area contributed by atoms with Crippen LogP contribution in [0.4, 0.5) is 0 Å². The van der Waals surface area contributed by atoms with E-state index < -0.39 is 0 Å². The van der Waals surface area contributed by atoms with Gasteiger partial charge in [0.25, 0.3) is 0 Å². The predicted octanol–water partition coefficient (Wildman–Crippen LogP) is 1.13. The predicted molar refractivity (Wildman–Crippen MR) is 68.8 cm³/mol. The molecule has 0 saturated carbocycles. The van der Waals surface area contributed by atoms with E-state index in [4.69, 9.17) is 0 Å². The van der Waals surface area contributed by atoms with Crippen molar-refractivity contribution < 1.29 is 4.79 Å². The minimum absolute atomic E-state index is 0. The summed E-state index contributed by atoms with van der Waals surface area (Å²) in [5.41, 5.74) is 0. The largest absolute Gasteiger partial charge is 0.356 e. The number of rotatable bonds is 6. The molecule has 1 rings (SSSR count). The third-order valence-corrected chi connectivity index (χ3v) is 3.46. The van der Waals surface area contributed by atoms with Gasteiger partial charge < -0.3 is 10.6 Å². The molecule has 1 heterocycles. The quantitative estimate of drug-likeness (QED) is 0.697. The van der Waals surface area contributed by atoms with Crippen LogP contribution < -0.4 is 10.6 Å². The SMILES string of the molecule is CSCCCNC(=O)C(C)C1CNC1.Cl. The van der Waals surface area contributed by atoms with Gasteiger partial charge in [-0.1, -0.05) is 6.92 Å². The first kappa shape index (κ1) is 15.1. The third kappa shape index (κ3) is 5.09. The molecule has 1 unspecified atom stereocenters. The van der Waals surface area contributed by atoms with E-state index in [0.717, 1.165) is 31.8 Å². The summed E-state index contributed by atoms with van der Waals surface area (Å²) in [5.74, 6) is 2.07. The maximum atomic E-state index is 11.6. The first-order valence-electron chi connectivity index (χ1n) is 5.23. The molecule has 0 aromatic heterocycles. The van der Waals surface area contributed by atoms with Gasteiger partial charge in [0, 0.05) is 12.5 Å². The summed E-state index contributed by atoms with van der Waals surface area (Å²) in [6.45, 7) is 4.85. The molecule has 1 aliphatic rings. The molecule has 0 bridgehead atoms. The first-order valence-corrected chi connectivity index (χ1v) is 6.62. The van der Waals surface area contributed by atoms with Crippen LogP contribution in [0.1, 0.15) is 13.3 Å². The Kier molecular flexibility index (Phi) is 8.29. The zero-order valence-corrected chi connectivity index (χ0v) is 11.0. The van der Waals surface area contributed by atoms with E-state index in [9.17, 15) is 4.79 Å². The van der Waals surface area contributed by atoms with Crippen LogP contribution in [0.3, 0.4) is 0 Å². The van der Waals surface area contributed by atoms with Gasteiger partial charge in [0.2, 0.25) is 5.91 Å². The van der Waals surface area contributed by atoms with E-state index in [1.165, 1.54) is 0 Å². The molecule has 1 aliphatic heterocycles. The summed E-state index contributed by atoms with van der Waals surface area (Å²) in [6, 6.07) is 0. The summed E-state index contributed by atoms with van der Waals surface area (Å²) >= 11 is 1.82. The molecule has 1 saturated heterocycles. The van der Waals surface area contributed by atoms with Crippen LogP contribution in [0.15, 0.2) is 0 Å². The van der Waals surface area contributed by atoms with Crippen molar-refractivity contribution in [1.82, 2.24) is 10.6 Å². The number of carbonyl (C=O) groups is 1. The standard InChI is InChI=1S/C10H20N2OS.ClH/c1-8(9-6-11-7-9)10(13)12-4-3-5-14-2;/h8-9,11H,3-7H2,1-2H3,(H,12,13);1H. The fraction of sp³-hybridized carbons (Fsp3) is 0.900. The zero-order valence-electron chi connectivity index (χ0n) is 9.41. The number of thioether (sulfide) groups is 1. The minimum Gasteiger partial charge on any atom is -0.356 e. The Bertz CT molecular complexity index is 188. The molecular weight excluding hydrogens is 232 g/mol. The number of carbonyl (C=O) groups excluding carboxylic acids is 1. The molecule has 0 aromatic rings. The highest BCUT2D eigenvalue weighted by molar-refractivity contribution is 7.98. The fourth-order valence-electron chi connectivity index (χ4n) is 1.47. The molecule has 0 aliphatic carbocycles. The Balaban J connectivity index is 0.00000196. The lowest BCUT2D eigenvalue weighted by Gasteiger charge is -2.31. The van der Waals surface area contributed by atoms with Crippen molar-refractivity contribution in [2.75, 3.05) is 31.6 Å². The monoisotopic (exact) mass is 252 g/mol. The Morgan fingerprint density at radius 3 is 2.73 bits per heavy atom. The fourth-order valence-corrected chi connectivity index (χ4v) is 1.90. The van der Waals surface area contributed by atoms with Crippen molar-refractivity contribution in [1.29, 1.82) is 0 Å². The molecule has 1 amide bonds. The van der Waals surface area contributed by atoms with Gasteiger partial charge in [-0.05, 0) is 37.4 Å². The van der Waals surface area contributed by atoms with Gasteiger partial charge in [0.15, 0.2) is 0 Å². The topological polar surface area (TPSA) is 41.1 Å². The molecule has 0 aromatic carbocycles. The van der Waals surface area contributed by atoms with Crippen molar-refractivity contribution in [2.24, 2.45) is 11.8 Å². The number of hydrogen-bond acceptors (Lipinski definition) is 3. The van der Waals surface area contributed by atoms with E-state index in [0.29, 0.717) is 5.92 Å². The van der Waals surface area contributed by atoms with Crippen molar-refractivity contribution in [3.63, 3.8) is 0 Å². The van der Waals surface area contributed by atoms with Gasteiger partial charge in [0.05, 0.1) is 0 Å². The Morgan fingerprint density at radius 2 is 2.27 bits per heavy atom. The van der Waals surface area contributed by atoms with Crippen LogP contribution in [-0.4, -0.2) is 37.6 Å². The van der Waals surface area contributed by atoms with Gasteiger partial charge in [-0.2, -0.15) is 11.8 Å². The van der Waals surface area contributed by atoms with Gasteiger partial charge in [-0.25, -0.2) is 0 Å². The molecule has 1 atom stereocenters. The second kappa shape index (κ2) is 8.25. The van der Waals surface area contributed by atoms with Gasteiger partial charge in [-0.3, -0.25) is 4.79 Å². The Morgan fingerprint density at radius 1 is 1.60 bits per heavy atom. The van der Waals surface area contributed by atoms with Crippen LogP contribution in [0, 0.1) is 11.8 Å². The van der Waals surface area contributed by atoms with Crippen LogP contribution in [-0.2, 0) is 4.79 Å². The van der Waals surface area contributed by atoms with Crippen LogP contribution in [0.25, 0.3) is 0 Å². The molecular formula is C10H21ClN2OS. The average molecular weight is 253 g/mol. The van der Waals surface area contributed by atoms with Crippen molar-refractivity contribution in [3.8, 4) is 0 Å². The van der Waals surface area contributed by atoms with E-state index in [-0.39, 0.29) is 24.2 Å². The summed E-state index contributed by atoms with van der Waals surface area (Å²) in [7, 11) is 0. The molecule has 15 heavy (non-hydrogen) atoms. The second-order valence-electron chi connectivity index (χ2n) is 3.84. The minimum atomic E-state index is 0. The summed E-state index contributed by atoms with van der Waals surface area (Å²) < 4.78 is 0. The molecule has 5 heteroatoms. The summed E-state index contributed by atoms with van der Waals surface area (Å²) in [4.78, 5) is 11.6. The van der Waals surface area contributed by atoms with Gasteiger partial charge in [0.1, 0.15) is 0 Å². The lowest BCUT2D eigenvalue weighted by molar-refractivity contribution is -0.126. The molecule has 90 valence electrons. The van der Waals surface area contributed by atoms with Crippen LogP contribution in [0.2, 0.25) is 0 Å².